The third kappa shape index (κ3) is 5.36. The van der Waals surface area contributed by atoms with Crippen LogP contribution >= 0.6 is 15.9 Å². The van der Waals surface area contributed by atoms with Crippen molar-refractivity contribution in [3.63, 3.8) is 0 Å². The molecule has 1 N–H and O–H groups in total. The van der Waals surface area contributed by atoms with Crippen LogP contribution in [0.25, 0.3) is 0 Å². The van der Waals surface area contributed by atoms with Crippen LogP contribution in [0.4, 0.5) is 4.39 Å². The van der Waals surface area contributed by atoms with Crippen molar-refractivity contribution in [1.82, 2.24) is 5.43 Å². The summed E-state index contributed by atoms with van der Waals surface area (Å²) >= 11 is 3.35. The largest absolute Gasteiger partial charge is 0.422 e. The highest BCUT2D eigenvalue weighted by molar-refractivity contribution is 9.10. The monoisotopic (exact) mass is 454 g/mol. The Hall–Kier alpha value is -3.32. The van der Waals surface area contributed by atoms with E-state index in [0.717, 1.165) is 10.0 Å². The Morgan fingerprint density at radius 1 is 1.07 bits per heavy atom. The Bertz CT molecular complexity index is 1100. The highest BCUT2D eigenvalue weighted by Crippen LogP contribution is 2.23. The van der Waals surface area contributed by atoms with Crippen LogP contribution in [-0.2, 0) is 0 Å². The molecular weight excluding hydrogens is 439 g/mol. The number of esters is 1. The first-order chi connectivity index (χ1) is 13.9. The van der Waals surface area contributed by atoms with Crippen molar-refractivity contribution in [2.75, 3.05) is 0 Å². The molecule has 3 aromatic rings. The van der Waals surface area contributed by atoms with Gasteiger partial charge in [-0.2, -0.15) is 5.10 Å². The second-order valence-corrected chi connectivity index (χ2v) is 7.04. The van der Waals surface area contributed by atoms with Crippen LogP contribution < -0.4 is 10.2 Å². The van der Waals surface area contributed by atoms with Gasteiger partial charge in [-0.15, -0.1) is 0 Å². The van der Waals surface area contributed by atoms with Crippen LogP contribution in [0.2, 0.25) is 0 Å². The molecule has 0 aromatic heterocycles. The van der Waals surface area contributed by atoms with E-state index in [1.807, 2.05) is 13.0 Å². The molecule has 7 heteroatoms. The van der Waals surface area contributed by atoms with Crippen LogP contribution in [0, 0.1) is 12.7 Å². The van der Waals surface area contributed by atoms with Crippen LogP contribution in [0.15, 0.2) is 76.3 Å². The first-order valence-corrected chi connectivity index (χ1v) is 9.39. The number of aryl methyl sites for hydroxylation is 1. The van der Waals surface area contributed by atoms with E-state index in [9.17, 15) is 14.0 Å². The molecule has 0 aliphatic rings. The Balaban J connectivity index is 1.76. The predicted octanol–water partition coefficient (Wildman–Crippen LogP) is 4.88. The third-order valence-corrected chi connectivity index (χ3v) is 4.41. The molecule has 146 valence electrons. The molecule has 5 nitrogen and oxygen atoms in total. The maximum Gasteiger partial charge on any atom is 0.343 e. The number of nitrogens with zero attached hydrogens (tertiary/aromatic N) is 1. The van der Waals surface area contributed by atoms with Gasteiger partial charge in [-0.25, -0.2) is 14.6 Å². The van der Waals surface area contributed by atoms with Crippen molar-refractivity contribution in [3.05, 3.63) is 99.3 Å². The molecule has 0 heterocycles. The average molecular weight is 455 g/mol. The zero-order chi connectivity index (χ0) is 20.8. The van der Waals surface area contributed by atoms with Crippen molar-refractivity contribution in [1.29, 1.82) is 0 Å². The van der Waals surface area contributed by atoms with Gasteiger partial charge < -0.3 is 4.74 Å². The molecule has 0 saturated heterocycles. The van der Waals surface area contributed by atoms with Crippen LogP contribution in [0.5, 0.6) is 5.75 Å². The Morgan fingerprint density at radius 3 is 2.62 bits per heavy atom. The van der Waals surface area contributed by atoms with Gasteiger partial charge in [0.1, 0.15) is 11.6 Å². The molecular formula is C22H16BrFN2O3. The summed E-state index contributed by atoms with van der Waals surface area (Å²) in [7, 11) is 0. The molecule has 0 bridgehead atoms. The molecule has 0 fully saturated rings. The van der Waals surface area contributed by atoms with E-state index in [2.05, 4.69) is 26.5 Å². The third-order valence-electron chi connectivity index (χ3n) is 3.92. The Kier molecular flexibility index (Phi) is 6.51. The Labute approximate surface area is 175 Å². The van der Waals surface area contributed by atoms with Crippen molar-refractivity contribution in [2.24, 2.45) is 5.10 Å². The quantitative estimate of drug-likeness (QED) is 0.258. The number of amides is 1. The number of halogens is 2. The van der Waals surface area contributed by atoms with Crippen molar-refractivity contribution >= 4 is 34.0 Å². The van der Waals surface area contributed by atoms with Crippen molar-refractivity contribution in [2.45, 2.75) is 6.92 Å². The normalized spacial score (nSPS) is 10.7. The molecule has 0 unspecified atom stereocenters. The summed E-state index contributed by atoms with van der Waals surface area (Å²) in [5.41, 5.74) is 3.95. The van der Waals surface area contributed by atoms with E-state index in [1.165, 1.54) is 24.4 Å². The van der Waals surface area contributed by atoms with E-state index in [1.54, 1.807) is 42.5 Å². The summed E-state index contributed by atoms with van der Waals surface area (Å²) in [6.07, 6.45) is 1.32. The molecule has 0 saturated carbocycles. The number of hydrazone groups is 1. The lowest BCUT2D eigenvalue weighted by Gasteiger charge is -2.08. The molecule has 1 amide bonds. The minimum absolute atomic E-state index is 0.120. The van der Waals surface area contributed by atoms with Gasteiger partial charge in [-0.1, -0.05) is 45.8 Å². The fourth-order valence-corrected chi connectivity index (χ4v) is 2.89. The summed E-state index contributed by atoms with van der Waals surface area (Å²) in [6, 6.07) is 17.6. The van der Waals surface area contributed by atoms with E-state index in [0.29, 0.717) is 11.1 Å². The lowest BCUT2D eigenvalue weighted by Crippen LogP contribution is -2.19. The molecule has 0 aliphatic carbocycles. The van der Waals surface area contributed by atoms with Gasteiger partial charge in [0, 0.05) is 10.0 Å². The number of hydrogen-bond donors (Lipinski definition) is 1. The average Bonchev–Trinajstić information content (AvgIpc) is 2.70. The standard InChI is InChI=1S/C22H16BrFN2O3/c1-14-5-4-6-15(11-14)22(28)29-20-10-9-17(23)12-16(20)13-25-26-21(27)18-7-2-3-8-19(18)24/h2-13H,1H3,(H,26,27)/b25-13+. The lowest BCUT2D eigenvalue weighted by molar-refractivity contribution is 0.0734. The van der Waals surface area contributed by atoms with E-state index >= 15 is 0 Å². The lowest BCUT2D eigenvalue weighted by atomic mass is 10.1. The zero-order valence-corrected chi connectivity index (χ0v) is 16.9. The minimum Gasteiger partial charge on any atom is -0.422 e. The van der Waals surface area contributed by atoms with Gasteiger partial charge in [-0.05, 0) is 49.4 Å². The van der Waals surface area contributed by atoms with Gasteiger partial charge in [0.25, 0.3) is 5.91 Å². The Morgan fingerprint density at radius 2 is 1.86 bits per heavy atom. The maximum absolute atomic E-state index is 13.7. The topological polar surface area (TPSA) is 67.8 Å². The molecule has 3 rings (SSSR count). The molecule has 29 heavy (non-hydrogen) atoms. The zero-order valence-electron chi connectivity index (χ0n) is 15.4. The van der Waals surface area contributed by atoms with E-state index < -0.39 is 17.7 Å². The van der Waals surface area contributed by atoms with Gasteiger partial charge in [0.05, 0.1) is 17.3 Å². The van der Waals surface area contributed by atoms with Crippen molar-refractivity contribution < 1.29 is 18.7 Å². The fraction of sp³-hybridized carbons (Fsp3) is 0.0455. The number of hydrogen-bond acceptors (Lipinski definition) is 4. The minimum atomic E-state index is -0.687. The van der Waals surface area contributed by atoms with Gasteiger partial charge in [-0.3, -0.25) is 4.79 Å². The van der Waals surface area contributed by atoms with E-state index in [4.69, 9.17) is 4.74 Å². The second kappa shape index (κ2) is 9.25. The summed E-state index contributed by atoms with van der Waals surface area (Å²) in [6.45, 7) is 1.88. The molecule has 0 radical (unpaired) electrons. The summed E-state index contributed by atoms with van der Waals surface area (Å²) in [4.78, 5) is 24.5. The number of carbonyl (C=O) groups is 2. The van der Waals surface area contributed by atoms with Crippen LogP contribution in [0.3, 0.4) is 0 Å². The molecule has 0 atom stereocenters. The summed E-state index contributed by atoms with van der Waals surface area (Å²) < 4.78 is 19.9. The number of nitrogens with one attached hydrogen (secondary N) is 1. The number of benzene rings is 3. The second-order valence-electron chi connectivity index (χ2n) is 6.12. The number of rotatable bonds is 5. The predicted molar refractivity (Wildman–Crippen MR) is 112 cm³/mol. The van der Waals surface area contributed by atoms with E-state index in [-0.39, 0.29) is 11.3 Å². The highest BCUT2D eigenvalue weighted by Gasteiger charge is 2.13. The van der Waals surface area contributed by atoms with Gasteiger partial charge >= 0.3 is 5.97 Å². The fourth-order valence-electron chi connectivity index (χ4n) is 2.51. The SMILES string of the molecule is Cc1cccc(C(=O)Oc2ccc(Br)cc2/C=N/NC(=O)c2ccccc2F)c1. The van der Waals surface area contributed by atoms with Crippen molar-refractivity contribution in [3.8, 4) is 5.75 Å². The number of ether oxygens (including phenoxy) is 1. The molecule has 0 spiro atoms. The molecule has 3 aromatic carbocycles. The van der Waals surface area contributed by atoms with Gasteiger partial charge in [0.2, 0.25) is 0 Å². The van der Waals surface area contributed by atoms with Crippen LogP contribution in [0.1, 0.15) is 31.8 Å². The molecule has 0 aliphatic heterocycles. The first-order valence-electron chi connectivity index (χ1n) is 8.60. The highest BCUT2D eigenvalue weighted by atomic mass is 79.9. The summed E-state index contributed by atoms with van der Waals surface area (Å²) in [5.74, 6) is -1.58. The smallest absolute Gasteiger partial charge is 0.343 e. The maximum atomic E-state index is 13.7. The number of carbonyl (C=O) groups excluding carboxylic acids is 2. The summed E-state index contributed by atoms with van der Waals surface area (Å²) in [5, 5.41) is 3.85. The van der Waals surface area contributed by atoms with Gasteiger partial charge in [0.15, 0.2) is 0 Å². The first kappa shape index (κ1) is 20.4. The van der Waals surface area contributed by atoms with Crippen LogP contribution in [-0.4, -0.2) is 18.1 Å².